The van der Waals surface area contributed by atoms with Crippen LogP contribution in [0.2, 0.25) is 0 Å². The van der Waals surface area contributed by atoms with E-state index in [0.717, 1.165) is 0 Å². The van der Waals surface area contributed by atoms with Gasteiger partial charge in [-0.25, -0.2) is 9.79 Å². The summed E-state index contributed by atoms with van der Waals surface area (Å²) in [5, 5.41) is 11.2. The minimum atomic E-state index is -0.830. The van der Waals surface area contributed by atoms with Crippen LogP contribution in [0.1, 0.15) is 45.1 Å². The average Bonchev–Trinajstić information content (AvgIpc) is 3.56. The summed E-state index contributed by atoms with van der Waals surface area (Å²) < 4.78 is 24.6. The molecule has 3 heterocycles. The van der Waals surface area contributed by atoms with E-state index >= 15 is 0 Å². The van der Waals surface area contributed by atoms with E-state index < -0.39 is 16.9 Å². The van der Waals surface area contributed by atoms with Gasteiger partial charge in [-0.05, 0) is 52.0 Å². The number of ether oxygens (including phenoxy) is 3. The Labute approximate surface area is 250 Å². The van der Waals surface area contributed by atoms with Gasteiger partial charge in [0, 0.05) is 17.7 Å². The summed E-state index contributed by atoms with van der Waals surface area (Å²) in [5.74, 6) is 1.04. The molecule has 1 aliphatic rings. The molecule has 2 aromatic carbocycles. The monoisotopic (exact) mass is 603 g/mol. The molecule has 11 nitrogen and oxygen atoms in total. The maximum Gasteiger partial charge on any atom is 0.338 e. The van der Waals surface area contributed by atoms with E-state index in [2.05, 4.69) is 4.99 Å². The van der Waals surface area contributed by atoms with Crippen LogP contribution in [0, 0.1) is 10.1 Å². The molecule has 5 rings (SSSR count). The maximum absolute atomic E-state index is 14.0. The second-order valence-corrected chi connectivity index (χ2v) is 10.9. The van der Waals surface area contributed by atoms with Crippen molar-refractivity contribution >= 4 is 29.1 Å². The number of carbonyl (C=O) groups excluding carboxylic acids is 1. The highest BCUT2D eigenvalue weighted by Gasteiger charge is 2.35. The Bertz CT molecular complexity index is 1930. The van der Waals surface area contributed by atoms with Crippen molar-refractivity contribution in [2.75, 3.05) is 13.7 Å². The zero-order valence-corrected chi connectivity index (χ0v) is 25.0. The average molecular weight is 604 g/mol. The van der Waals surface area contributed by atoms with Crippen LogP contribution in [0.25, 0.3) is 17.4 Å². The number of thiazole rings is 1. The predicted molar refractivity (Wildman–Crippen MR) is 160 cm³/mol. The van der Waals surface area contributed by atoms with Gasteiger partial charge in [0.05, 0.1) is 52.2 Å². The summed E-state index contributed by atoms with van der Waals surface area (Å²) in [4.78, 5) is 42.9. The lowest BCUT2D eigenvalue weighted by molar-refractivity contribution is -0.384. The molecule has 0 aliphatic carbocycles. The molecule has 0 saturated carbocycles. The van der Waals surface area contributed by atoms with E-state index in [9.17, 15) is 19.7 Å². The Morgan fingerprint density at radius 1 is 1.19 bits per heavy atom. The normalized spacial score (nSPS) is 14.8. The first-order valence-corrected chi connectivity index (χ1v) is 14.3. The fraction of sp³-hybridized carbons (Fsp3) is 0.258. The van der Waals surface area contributed by atoms with E-state index in [1.54, 1.807) is 44.2 Å². The molecule has 0 spiro atoms. The van der Waals surface area contributed by atoms with Gasteiger partial charge in [-0.15, -0.1) is 0 Å². The van der Waals surface area contributed by atoms with Crippen LogP contribution in [0.3, 0.4) is 0 Å². The lowest BCUT2D eigenvalue weighted by Crippen LogP contribution is -2.40. The third kappa shape index (κ3) is 5.73. The first-order chi connectivity index (χ1) is 20.6. The molecule has 1 atom stereocenters. The molecule has 0 fully saturated rings. The minimum Gasteiger partial charge on any atom is -0.496 e. The smallest absolute Gasteiger partial charge is 0.338 e. The van der Waals surface area contributed by atoms with Crippen molar-refractivity contribution in [1.82, 2.24) is 4.57 Å². The number of furan rings is 1. The predicted octanol–water partition coefficient (Wildman–Crippen LogP) is 4.76. The van der Waals surface area contributed by atoms with Gasteiger partial charge in [-0.2, -0.15) is 0 Å². The number of esters is 1. The number of rotatable bonds is 9. The number of aromatic nitrogens is 1. The van der Waals surface area contributed by atoms with Crippen molar-refractivity contribution in [3.8, 4) is 22.8 Å². The molecule has 2 aromatic heterocycles. The van der Waals surface area contributed by atoms with Gasteiger partial charge in [0.25, 0.3) is 11.2 Å². The van der Waals surface area contributed by atoms with E-state index in [1.165, 1.54) is 35.1 Å². The topological polar surface area (TPSA) is 135 Å². The molecule has 0 radical (unpaired) electrons. The van der Waals surface area contributed by atoms with Crippen molar-refractivity contribution in [1.29, 1.82) is 0 Å². The molecule has 1 aliphatic heterocycles. The van der Waals surface area contributed by atoms with Gasteiger partial charge >= 0.3 is 5.97 Å². The number of para-hydroxylation sites is 1. The first-order valence-electron chi connectivity index (χ1n) is 13.5. The van der Waals surface area contributed by atoms with Gasteiger partial charge in [-0.1, -0.05) is 29.5 Å². The van der Waals surface area contributed by atoms with Crippen LogP contribution < -0.4 is 24.4 Å². The molecule has 4 aromatic rings. The highest BCUT2D eigenvalue weighted by atomic mass is 32.1. The Balaban J connectivity index is 1.64. The Morgan fingerprint density at radius 2 is 1.95 bits per heavy atom. The van der Waals surface area contributed by atoms with Crippen LogP contribution >= 0.6 is 11.3 Å². The maximum atomic E-state index is 14.0. The van der Waals surface area contributed by atoms with Crippen LogP contribution in [0.4, 0.5) is 5.69 Å². The van der Waals surface area contributed by atoms with Gasteiger partial charge in [0.15, 0.2) is 4.80 Å². The fourth-order valence-electron chi connectivity index (χ4n) is 4.85. The van der Waals surface area contributed by atoms with E-state index in [0.29, 0.717) is 43.4 Å². The summed E-state index contributed by atoms with van der Waals surface area (Å²) in [6, 6.07) is 14.1. The van der Waals surface area contributed by atoms with Crippen LogP contribution in [-0.2, 0) is 9.53 Å². The quantitative estimate of drug-likeness (QED) is 0.152. The second kappa shape index (κ2) is 12.1. The van der Waals surface area contributed by atoms with E-state index in [-0.39, 0.29) is 35.3 Å². The molecule has 0 saturated heterocycles. The minimum absolute atomic E-state index is 0.110. The summed E-state index contributed by atoms with van der Waals surface area (Å²) >= 11 is 1.17. The van der Waals surface area contributed by atoms with Gasteiger partial charge in [0.1, 0.15) is 29.1 Å². The highest BCUT2D eigenvalue weighted by Crippen LogP contribution is 2.37. The third-order valence-corrected chi connectivity index (χ3v) is 7.64. The molecule has 222 valence electrons. The van der Waals surface area contributed by atoms with Gasteiger partial charge < -0.3 is 18.6 Å². The number of methoxy groups -OCH3 is 1. The number of nitro benzene ring substituents is 1. The number of hydrogen-bond donors (Lipinski definition) is 0. The van der Waals surface area contributed by atoms with Crippen molar-refractivity contribution in [3.05, 3.63) is 107 Å². The van der Waals surface area contributed by atoms with Crippen molar-refractivity contribution in [2.24, 2.45) is 4.99 Å². The summed E-state index contributed by atoms with van der Waals surface area (Å²) in [6.07, 6.45) is 1.46. The van der Waals surface area contributed by atoms with Crippen LogP contribution in [0.15, 0.2) is 80.1 Å². The first kappa shape index (κ1) is 29.5. The van der Waals surface area contributed by atoms with Crippen molar-refractivity contribution in [3.63, 3.8) is 0 Å². The second-order valence-electron chi connectivity index (χ2n) is 9.85. The van der Waals surface area contributed by atoms with Gasteiger partial charge in [0.2, 0.25) is 0 Å². The highest BCUT2D eigenvalue weighted by molar-refractivity contribution is 7.07. The Morgan fingerprint density at radius 3 is 2.65 bits per heavy atom. The van der Waals surface area contributed by atoms with Crippen LogP contribution in [-0.4, -0.2) is 35.3 Å². The number of fused-ring (bicyclic) bond motifs is 1. The Kier molecular flexibility index (Phi) is 8.31. The number of carbonyl (C=O) groups is 1. The van der Waals surface area contributed by atoms with E-state index in [1.807, 2.05) is 32.0 Å². The number of allylic oxidation sites excluding steroid dienone is 1. The standard InChI is InChI=1S/C31H29N3O8S/c1-6-40-30(36)27-18(4)32-31-33(28(27)22-9-7-8-10-23(22)41-17(2)3)29(35)26(43-31)16-20-12-14-24(42-20)21-13-11-19(34(37)38)15-25(21)39-5/h7-17,28H,6H2,1-5H3. The van der Waals surface area contributed by atoms with Crippen LogP contribution in [0.5, 0.6) is 11.5 Å². The zero-order valence-electron chi connectivity index (χ0n) is 24.2. The number of nitrogens with zero attached hydrogens (tertiary/aromatic N) is 3. The van der Waals surface area contributed by atoms with Crippen molar-refractivity contribution in [2.45, 2.75) is 39.8 Å². The molecule has 12 heteroatoms. The summed E-state index contributed by atoms with van der Waals surface area (Å²) in [7, 11) is 1.42. The Hall–Kier alpha value is -4.97. The van der Waals surface area contributed by atoms with E-state index in [4.69, 9.17) is 18.6 Å². The molecular weight excluding hydrogens is 574 g/mol. The molecule has 43 heavy (non-hydrogen) atoms. The lowest BCUT2D eigenvalue weighted by Gasteiger charge is -2.26. The summed E-state index contributed by atoms with van der Waals surface area (Å²) in [5.41, 5.74) is 1.37. The lowest BCUT2D eigenvalue weighted by atomic mass is 9.95. The zero-order chi connectivity index (χ0) is 30.8. The summed E-state index contributed by atoms with van der Waals surface area (Å²) in [6.45, 7) is 7.41. The SMILES string of the molecule is CCOC(=O)C1=C(C)N=c2sc(=Cc3ccc(-c4ccc([N+](=O)[O-])cc4OC)o3)c(=O)n2C1c1ccccc1OC(C)C. The van der Waals surface area contributed by atoms with Gasteiger partial charge in [-0.3, -0.25) is 19.5 Å². The number of benzene rings is 2. The number of non-ortho nitro benzene ring substituents is 1. The molecular formula is C31H29N3O8S. The van der Waals surface area contributed by atoms with Crippen molar-refractivity contribution < 1.29 is 28.3 Å². The fourth-order valence-corrected chi connectivity index (χ4v) is 5.88. The number of nitro groups is 1. The largest absolute Gasteiger partial charge is 0.496 e. The molecule has 0 N–H and O–H groups in total. The number of hydrogen-bond acceptors (Lipinski definition) is 10. The third-order valence-electron chi connectivity index (χ3n) is 6.65. The molecule has 0 amide bonds. The molecule has 0 bridgehead atoms. The molecule has 1 unspecified atom stereocenters.